The molecule has 1 aliphatic rings. The molecular formula is C16H23NO. The van der Waals surface area contributed by atoms with Crippen molar-refractivity contribution in [1.82, 2.24) is 5.32 Å². The maximum absolute atomic E-state index is 12.1. The molecule has 1 N–H and O–H groups in total. The Bertz CT molecular complexity index is 391. The van der Waals surface area contributed by atoms with Gasteiger partial charge in [0.2, 0.25) is 5.91 Å². The molecule has 0 unspecified atom stereocenters. The Morgan fingerprint density at radius 1 is 1.22 bits per heavy atom. The molecular weight excluding hydrogens is 222 g/mol. The molecule has 1 aromatic carbocycles. The summed E-state index contributed by atoms with van der Waals surface area (Å²) in [5.74, 6) is 0.191. The van der Waals surface area contributed by atoms with Gasteiger partial charge in [0, 0.05) is 17.9 Å². The number of carbonyl (C=O) groups excluding carboxylic acids is 1. The molecule has 0 radical (unpaired) electrons. The lowest BCUT2D eigenvalue weighted by Crippen LogP contribution is -2.36. The first-order valence-corrected chi connectivity index (χ1v) is 6.97. The molecule has 1 fully saturated rings. The summed E-state index contributed by atoms with van der Waals surface area (Å²) >= 11 is 0. The van der Waals surface area contributed by atoms with Gasteiger partial charge in [-0.3, -0.25) is 4.79 Å². The van der Waals surface area contributed by atoms with Gasteiger partial charge in [0.05, 0.1) is 0 Å². The van der Waals surface area contributed by atoms with Gasteiger partial charge in [0.25, 0.3) is 0 Å². The van der Waals surface area contributed by atoms with Gasteiger partial charge in [0.1, 0.15) is 0 Å². The summed E-state index contributed by atoms with van der Waals surface area (Å²) in [6, 6.07) is 10.8. The van der Waals surface area contributed by atoms with Gasteiger partial charge in [-0.2, -0.15) is 0 Å². The Kier molecular flexibility index (Phi) is 4.05. The summed E-state index contributed by atoms with van der Waals surface area (Å²) in [6.45, 7) is 4.03. The van der Waals surface area contributed by atoms with Crippen molar-refractivity contribution in [2.45, 2.75) is 57.4 Å². The Morgan fingerprint density at radius 2 is 1.83 bits per heavy atom. The van der Waals surface area contributed by atoms with E-state index in [1.807, 2.05) is 19.9 Å². The fourth-order valence-electron chi connectivity index (χ4n) is 3.09. The first-order chi connectivity index (χ1) is 8.62. The average molecular weight is 245 g/mol. The molecule has 0 bridgehead atoms. The average Bonchev–Trinajstić information content (AvgIpc) is 2.79. The predicted molar refractivity (Wildman–Crippen MR) is 74.5 cm³/mol. The number of amides is 1. The highest BCUT2D eigenvalue weighted by Crippen LogP contribution is 2.43. The van der Waals surface area contributed by atoms with Crippen LogP contribution in [-0.2, 0) is 10.2 Å². The van der Waals surface area contributed by atoms with Crippen molar-refractivity contribution in [2.75, 3.05) is 0 Å². The lowest BCUT2D eigenvalue weighted by Gasteiger charge is -2.29. The molecule has 0 saturated heterocycles. The molecule has 0 heterocycles. The normalized spacial score (nSPS) is 17.9. The number of hydrogen-bond acceptors (Lipinski definition) is 1. The molecule has 0 spiro atoms. The minimum Gasteiger partial charge on any atom is -0.354 e. The van der Waals surface area contributed by atoms with E-state index in [0.717, 1.165) is 12.8 Å². The standard InChI is InChI=1S/C16H23NO/c1-13(2)17-15(18)12-16(10-6-7-11-16)14-8-4-3-5-9-14/h3-5,8-9,13H,6-7,10-12H2,1-2H3,(H,17,18). The zero-order valence-electron chi connectivity index (χ0n) is 11.4. The molecule has 1 aliphatic carbocycles. The third-order valence-electron chi connectivity index (χ3n) is 3.90. The van der Waals surface area contributed by atoms with Crippen molar-refractivity contribution in [3.8, 4) is 0 Å². The van der Waals surface area contributed by atoms with Crippen LogP contribution in [0.15, 0.2) is 30.3 Å². The first-order valence-electron chi connectivity index (χ1n) is 6.97. The second-order valence-corrected chi connectivity index (χ2v) is 5.75. The summed E-state index contributed by atoms with van der Waals surface area (Å²) in [5.41, 5.74) is 1.42. The van der Waals surface area contributed by atoms with E-state index in [4.69, 9.17) is 0 Å². The molecule has 98 valence electrons. The van der Waals surface area contributed by atoms with Crippen molar-refractivity contribution >= 4 is 5.91 Å². The summed E-state index contributed by atoms with van der Waals surface area (Å²) in [7, 11) is 0. The summed E-state index contributed by atoms with van der Waals surface area (Å²) < 4.78 is 0. The van der Waals surface area contributed by atoms with Crippen LogP contribution in [0.1, 0.15) is 51.5 Å². The van der Waals surface area contributed by atoms with Crippen LogP contribution in [0.3, 0.4) is 0 Å². The zero-order valence-corrected chi connectivity index (χ0v) is 11.4. The number of rotatable bonds is 4. The van der Waals surface area contributed by atoms with Crippen molar-refractivity contribution in [1.29, 1.82) is 0 Å². The Balaban J connectivity index is 2.15. The summed E-state index contributed by atoms with van der Waals surface area (Å²) in [4.78, 5) is 12.1. The van der Waals surface area contributed by atoms with Gasteiger partial charge in [-0.1, -0.05) is 43.2 Å². The molecule has 2 heteroatoms. The van der Waals surface area contributed by atoms with Gasteiger partial charge in [-0.25, -0.2) is 0 Å². The fraction of sp³-hybridized carbons (Fsp3) is 0.562. The van der Waals surface area contributed by atoms with Crippen molar-refractivity contribution in [3.05, 3.63) is 35.9 Å². The van der Waals surface area contributed by atoms with E-state index in [0.29, 0.717) is 6.42 Å². The molecule has 18 heavy (non-hydrogen) atoms. The van der Waals surface area contributed by atoms with E-state index >= 15 is 0 Å². The summed E-state index contributed by atoms with van der Waals surface area (Å²) in [6.07, 6.45) is 5.40. The highest BCUT2D eigenvalue weighted by Gasteiger charge is 2.37. The predicted octanol–water partition coefficient (Wildman–Crippen LogP) is 3.41. The molecule has 2 nitrogen and oxygen atoms in total. The molecule has 1 saturated carbocycles. The third-order valence-corrected chi connectivity index (χ3v) is 3.90. The van der Waals surface area contributed by atoms with Crippen molar-refractivity contribution < 1.29 is 4.79 Å². The maximum Gasteiger partial charge on any atom is 0.221 e. The molecule has 0 aromatic heterocycles. The zero-order chi connectivity index (χ0) is 13.0. The number of carbonyl (C=O) groups is 1. The second kappa shape index (κ2) is 5.55. The molecule has 1 amide bonds. The van der Waals surface area contributed by atoms with E-state index in [1.54, 1.807) is 0 Å². The largest absolute Gasteiger partial charge is 0.354 e. The maximum atomic E-state index is 12.1. The summed E-state index contributed by atoms with van der Waals surface area (Å²) in [5, 5.41) is 3.03. The van der Waals surface area contributed by atoms with Crippen LogP contribution < -0.4 is 5.32 Å². The molecule has 1 aromatic rings. The molecule has 0 aliphatic heterocycles. The quantitative estimate of drug-likeness (QED) is 0.865. The molecule has 2 rings (SSSR count). The van der Waals surface area contributed by atoms with Gasteiger partial charge in [0.15, 0.2) is 0 Å². The van der Waals surface area contributed by atoms with E-state index in [9.17, 15) is 4.79 Å². The lowest BCUT2D eigenvalue weighted by molar-refractivity contribution is -0.122. The minimum absolute atomic E-state index is 0.0836. The fourth-order valence-corrected chi connectivity index (χ4v) is 3.09. The lowest BCUT2D eigenvalue weighted by atomic mass is 9.76. The van der Waals surface area contributed by atoms with Crippen LogP contribution in [0.4, 0.5) is 0 Å². The highest BCUT2D eigenvalue weighted by molar-refractivity contribution is 5.78. The van der Waals surface area contributed by atoms with Crippen LogP contribution in [-0.4, -0.2) is 11.9 Å². The van der Waals surface area contributed by atoms with Crippen molar-refractivity contribution in [2.24, 2.45) is 0 Å². The van der Waals surface area contributed by atoms with Gasteiger partial charge in [-0.15, -0.1) is 0 Å². The van der Waals surface area contributed by atoms with Crippen LogP contribution in [0.2, 0.25) is 0 Å². The second-order valence-electron chi connectivity index (χ2n) is 5.75. The van der Waals surface area contributed by atoms with Gasteiger partial charge >= 0.3 is 0 Å². The molecule has 0 atom stereocenters. The Hall–Kier alpha value is -1.31. The third kappa shape index (κ3) is 2.92. The van der Waals surface area contributed by atoms with E-state index in [2.05, 4.69) is 29.6 Å². The van der Waals surface area contributed by atoms with Crippen LogP contribution in [0, 0.1) is 0 Å². The minimum atomic E-state index is 0.0836. The highest BCUT2D eigenvalue weighted by atomic mass is 16.1. The smallest absolute Gasteiger partial charge is 0.221 e. The van der Waals surface area contributed by atoms with E-state index < -0.39 is 0 Å². The van der Waals surface area contributed by atoms with E-state index in [1.165, 1.54) is 18.4 Å². The monoisotopic (exact) mass is 245 g/mol. The number of nitrogens with one attached hydrogen (secondary N) is 1. The topological polar surface area (TPSA) is 29.1 Å². The van der Waals surface area contributed by atoms with E-state index in [-0.39, 0.29) is 17.4 Å². The SMILES string of the molecule is CC(C)NC(=O)CC1(c2ccccc2)CCCC1. The van der Waals surface area contributed by atoms with Gasteiger partial charge < -0.3 is 5.32 Å². The number of hydrogen-bond donors (Lipinski definition) is 1. The van der Waals surface area contributed by atoms with Crippen molar-refractivity contribution in [3.63, 3.8) is 0 Å². The van der Waals surface area contributed by atoms with Crippen LogP contribution >= 0.6 is 0 Å². The Labute approximate surface area is 110 Å². The van der Waals surface area contributed by atoms with Crippen LogP contribution in [0.5, 0.6) is 0 Å². The Morgan fingerprint density at radius 3 is 2.39 bits per heavy atom. The number of benzene rings is 1. The van der Waals surface area contributed by atoms with Gasteiger partial charge in [-0.05, 0) is 32.3 Å². The first kappa shape index (κ1) is 13.1. The van der Waals surface area contributed by atoms with Crippen LogP contribution in [0.25, 0.3) is 0 Å².